The summed E-state index contributed by atoms with van der Waals surface area (Å²) in [6.07, 6.45) is 1.74. The van der Waals surface area contributed by atoms with Crippen LogP contribution in [0.2, 0.25) is 0 Å². The van der Waals surface area contributed by atoms with E-state index >= 15 is 0 Å². The zero-order valence-corrected chi connectivity index (χ0v) is 12.5. The molecule has 116 valence electrons. The molecule has 3 rings (SSSR count). The van der Waals surface area contributed by atoms with Crippen LogP contribution in [-0.2, 0) is 20.8 Å². The lowest BCUT2D eigenvalue weighted by Gasteiger charge is -2.37. The highest BCUT2D eigenvalue weighted by Crippen LogP contribution is 2.32. The number of methoxy groups -OCH3 is 1. The number of hydrogen-bond acceptors (Lipinski definition) is 6. The Kier molecular flexibility index (Phi) is 4.01. The highest BCUT2D eigenvalue weighted by molar-refractivity contribution is 5.87. The zero-order chi connectivity index (χ0) is 14.9. The van der Waals surface area contributed by atoms with Crippen LogP contribution in [-0.4, -0.2) is 50.1 Å². The average molecular weight is 295 g/mol. The number of carbonyl (C=O) groups excluding carboxylic acids is 1. The molecule has 2 saturated heterocycles. The van der Waals surface area contributed by atoms with E-state index in [-0.39, 0.29) is 5.79 Å². The van der Waals surface area contributed by atoms with Gasteiger partial charge in [0.25, 0.3) is 0 Å². The molecule has 0 bridgehead atoms. The Morgan fingerprint density at radius 1 is 1.33 bits per heavy atom. The third-order valence-corrected chi connectivity index (χ3v) is 4.15. The van der Waals surface area contributed by atoms with Gasteiger partial charge in [0.1, 0.15) is 5.76 Å². The summed E-state index contributed by atoms with van der Waals surface area (Å²) in [4.78, 5) is 13.8. The molecule has 2 aliphatic rings. The lowest BCUT2D eigenvalue weighted by Crippen LogP contribution is -2.44. The first-order valence-corrected chi connectivity index (χ1v) is 7.30. The molecule has 0 aromatic carbocycles. The van der Waals surface area contributed by atoms with Crippen LogP contribution < -0.4 is 0 Å². The largest absolute Gasteiger partial charge is 0.463 e. The van der Waals surface area contributed by atoms with Crippen molar-refractivity contribution in [3.05, 3.63) is 23.2 Å². The van der Waals surface area contributed by atoms with E-state index < -0.39 is 5.97 Å². The Bertz CT molecular complexity index is 508. The van der Waals surface area contributed by atoms with Crippen LogP contribution in [0.15, 0.2) is 10.5 Å². The molecule has 0 N–H and O–H groups in total. The molecular formula is C15H21NO5. The first-order valence-electron chi connectivity index (χ1n) is 7.30. The highest BCUT2D eigenvalue weighted by atomic mass is 16.7. The molecule has 0 amide bonds. The highest BCUT2D eigenvalue weighted by Gasteiger charge is 2.39. The number of carbonyl (C=O) groups is 1. The number of likely N-dealkylation sites (tertiary alicyclic amines) is 1. The van der Waals surface area contributed by atoms with Gasteiger partial charge in [-0.15, -0.1) is 0 Å². The van der Waals surface area contributed by atoms with E-state index in [0.717, 1.165) is 37.3 Å². The maximum Gasteiger partial charge on any atom is 0.374 e. The number of piperidine rings is 1. The molecule has 6 heteroatoms. The van der Waals surface area contributed by atoms with Gasteiger partial charge in [-0.05, 0) is 13.0 Å². The van der Waals surface area contributed by atoms with E-state index in [4.69, 9.17) is 18.6 Å². The Balaban J connectivity index is 1.59. The first kappa shape index (κ1) is 14.6. The molecule has 6 nitrogen and oxygen atoms in total. The smallest absolute Gasteiger partial charge is 0.374 e. The fourth-order valence-electron chi connectivity index (χ4n) is 2.98. The molecule has 3 heterocycles. The van der Waals surface area contributed by atoms with Crippen molar-refractivity contribution in [2.45, 2.75) is 32.1 Å². The summed E-state index contributed by atoms with van der Waals surface area (Å²) in [6, 6.07) is 1.90. The summed E-state index contributed by atoms with van der Waals surface area (Å²) in [5.74, 6) is 0.303. The second-order valence-corrected chi connectivity index (χ2v) is 5.60. The van der Waals surface area contributed by atoms with Gasteiger partial charge in [-0.1, -0.05) is 0 Å². The standard InChI is InChI=1S/C15H21NO5/c1-11-9-12(21-13(11)14(17)18-2)10-16-5-3-15(4-6-16)19-7-8-20-15/h9H,3-8,10H2,1-2H3. The van der Waals surface area contributed by atoms with Gasteiger partial charge in [-0.2, -0.15) is 0 Å². The molecule has 2 fully saturated rings. The van der Waals surface area contributed by atoms with E-state index in [0.29, 0.717) is 25.5 Å². The molecule has 0 atom stereocenters. The molecule has 0 unspecified atom stereocenters. The average Bonchev–Trinajstić information content (AvgIpc) is 3.08. The second kappa shape index (κ2) is 5.79. The molecular weight excluding hydrogens is 274 g/mol. The lowest BCUT2D eigenvalue weighted by atomic mass is 10.0. The van der Waals surface area contributed by atoms with Crippen molar-refractivity contribution in [1.82, 2.24) is 4.90 Å². The number of esters is 1. The molecule has 1 aromatic rings. The van der Waals surface area contributed by atoms with Gasteiger partial charge in [0.05, 0.1) is 26.9 Å². The van der Waals surface area contributed by atoms with Gasteiger partial charge in [-0.3, -0.25) is 4.90 Å². The van der Waals surface area contributed by atoms with Crippen LogP contribution in [0.5, 0.6) is 0 Å². The summed E-state index contributed by atoms with van der Waals surface area (Å²) < 4.78 is 21.7. The molecule has 21 heavy (non-hydrogen) atoms. The third kappa shape index (κ3) is 2.97. The van der Waals surface area contributed by atoms with Gasteiger partial charge in [0.15, 0.2) is 5.79 Å². The van der Waals surface area contributed by atoms with Crippen molar-refractivity contribution in [3.8, 4) is 0 Å². The summed E-state index contributed by atoms with van der Waals surface area (Å²) in [7, 11) is 1.36. The first-order chi connectivity index (χ1) is 10.1. The van der Waals surface area contributed by atoms with E-state index in [2.05, 4.69) is 4.90 Å². The minimum absolute atomic E-state index is 0.295. The summed E-state index contributed by atoms with van der Waals surface area (Å²) in [5, 5.41) is 0. The molecule has 0 saturated carbocycles. The lowest BCUT2D eigenvalue weighted by molar-refractivity contribution is -0.186. The molecule has 0 aliphatic carbocycles. The van der Waals surface area contributed by atoms with Gasteiger partial charge in [0.2, 0.25) is 5.76 Å². The fourth-order valence-corrected chi connectivity index (χ4v) is 2.98. The number of furan rings is 1. The van der Waals surface area contributed by atoms with Gasteiger partial charge < -0.3 is 18.6 Å². The minimum atomic E-state index is -0.427. The van der Waals surface area contributed by atoms with Gasteiger partial charge in [-0.25, -0.2) is 4.79 Å². The summed E-state index contributed by atoms with van der Waals surface area (Å²) in [6.45, 7) is 5.72. The summed E-state index contributed by atoms with van der Waals surface area (Å²) >= 11 is 0. The van der Waals surface area contributed by atoms with Gasteiger partial charge in [0, 0.05) is 31.5 Å². The quantitative estimate of drug-likeness (QED) is 0.791. The molecule has 1 aromatic heterocycles. The maximum absolute atomic E-state index is 11.5. The molecule has 2 aliphatic heterocycles. The maximum atomic E-state index is 11.5. The van der Waals surface area contributed by atoms with E-state index in [1.807, 2.05) is 13.0 Å². The Hall–Kier alpha value is -1.37. The Morgan fingerprint density at radius 2 is 2.00 bits per heavy atom. The van der Waals surface area contributed by atoms with Gasteiger partial charge >= 0.3 is 5.97 Å². The number of rotatable bonds is 3. The van der Waals surface area contributed by atoms with Crippen LogP contribution in [0.3, 0.4) is 0 Å². The van der Waals surface area contributed by atoms with Crippen molar-refractivity contribution < 1.29 is 23.4 Å². The normalized spacial score (nSPS) is 21.8. The number of aryl methyl sites for hydroxylation is 1. The fraction of sp³-hybridized carbons (Fsp3) is 0.667. The van der Waals surface area contributed by atoms with Crippen molar-refractivity contribution in [3.63, 3.8) is 0 Å². The second-order valence-electron chi connectivity index (χ2n) is 5.60. The molecule has 0 radical (unpaired) electrons. The minimum Gasteiger partial charge on any atom is -0.463 e. The van der Waals surface area contributed by atoms with Crippen LogP contribution in [0.4, 0.5) is 0 Å². The zero-order valence-electron chi connectivity index (χ0n) is 12.5. The molecule has 1 spiro atoms. The van der Waals surface area contributed by atoms with E-state index in [1.54, 1.807) is 0 Å². The van der Waals surface area contributed by atoms with E-state index in [1.165, 1.54) is 7.11 Å². The number of ether oxygens (including phenoxy) is 3. The van der Waals surface area contributed by atoms with Crippen molar-refractivity contribution in [2.24, 2.45) is 0 Å². The van der Waals surface area contributed by atoms with Crippen molar-refractivity contribution in [1.29, 1.82) is 0 Å². The van der Waals surface area contributed by atoms with E-state index in [9.17, 15) is 4.79 Å². The van der Waals surface area contributed by atoms with Crippen LogP contribution in [0.1, 0.15) is 34.7 Å². The monoisotopic (exact) mass is 295 g/mol. The van der Waals surface area contributed by atoms with Crippen LogP contribution in [0.25, 0.3) is 0 Å². The van der Waals surface area contributed by atoms with Crippen molar-refractivity contribution >= 4 is 5.97 Å². The predicted molar refractivity (Wildman–Crippen MR) is 73.9 cm³/mol. The number of nitrogens with zero attached hydrogens (tertiary/aromatic N) is 1. The van der Waals surface area contributed by atoms with Crippen molar-refractivity contribution in [2.75, 3.05) is 33.4 Å². The van der Waals surface area contributed by atoms with Crippen LogP contribution in [0, 0.1) is 6.92 Å². The third-order valence-electron chi connectivity index (χ3n) is 4.15. The Labute approximate surface area is 123 Å². The van der Waals surface area contributed by atoms with Crippen LogP contribution >= 0.6 is 0 Å². The number of hydrogen-bond donors (Lipinski definition) is 0. The SMILES string of the molecule is COC(=O)c1oc(CN2CCC3(CC2)OCCO3)cc1C. The Morgan fingerprint density at radius 3 is 2.62 bits per heavy atom. The topological polar surface area (TPSA) is 61.1 Å². The predicted octanol–water partition coefficient (Wildman–Crippen LogP) is 1.71. The summed E-state index contributed by atoms with van der Waals surface area (Å²) in [5.41, 5.74) is 0.813.